The van der Waals surface area contributed by atoms with Crippen molar-refractivity contribution < 1.29 is 9.53 Å². The molecule has 0 spiro atoms. The van der Waals surface area contributed by atoms with Crippen molar-refractivity contribution in [3.63, 3.8) is 0 Å². The number of nitrogens with two attached hydrogens (primary N) is 1. The predicted molar refractivity (Wildman–Crippen MR) is 55.6 cm³/mol. The van der Waals surface area contributed by atoms with Crippen LogP contribution in [0.25, 0.3) is 0 Å². The van der Waals surface area contributed by atoms with Crippen LogP contribution in [0.3, 0.4) is 0 Å². The molecule has 0 aliphatic rings. The minimum absolute atomic E-state index is 0.0545. The summed E-state index contributed by atoms with van der Waals surface area (Å²) in [5.74, 6) is 0.749. The second kappa shape index (κ2) is 4.77. The first-order valence-electron chi connectivity index (χ1n) is 4.56. The molecule has 0 aliphatic heterocycles. The average molecular weight is 193 g/mol. The van der Waals surface area contributed by atoms with Crippen molar-refractivity contribution in [2.75, 3.05) is 7.11 Å². The molecule has 3 nitrogen and oxygen atoms in total. The van der Waals surface area contributed by atoms with Gasteiger partial charge in [-0.25, -0.2) is 0 Å². The van der Waals surface area contributed by atoms with Crippen LogP contribution in [-0.2, 0) is 0 Å². The van der Waals surface area contributed by atoms with E-state index < -0.39 is 0 Å². The number of carbonyl (C=O) groups excluding carboxylic acids is 1. The number of ether oxygens (including phenoxy) is 1. The van der Waals surface area contributed by atoms with E-state index in [4.69, 9.17) is 10.5 Å². The van der Waals surface area contributed by atoms with Gasteiger partial charge in [0.05, 0.1) is 7.11 Å². The van der Waals surface area contributed by atoms with Gasteiger partial charge in [-0.05, 0) is 19.1 Å². The van der Waals surface area contributed by atoms with Gasteiger partial charge < -0.3 is 10.5 Å². The van der Waals surface area contributed by atoms with Crippen LogP contribution in [0.5, 0.6) is 5.75 Å². The molecule has 0 radical (unpaired) electrons. The fraction of sp³-hybridized carbons (Fsp3) is 0.364. The fourth-order valence-electron chi connectivity index (χ4n) is 1.21. The van der Waals surface area contributed by atoms with Gasteiger partial charge in [0, 0.05) is 18.0 Å². The first kappa shape index (κ1) is 10.7. The van der Waals surface area contributed by atoms with Crippen molar-refractivity contribution in [2.45, 2.75) is 19.4 Å². The number of hydrogen-bond donors (Lipinski definition) is 1. The highest BCUT2D eigenvalue weighted by Crippen LogP contribution is 2.14. The minimum atomic E-state index is -0.103. The molecule has 1 aromatic rings. The van der Waals surface area contributed by atoms with E-state index in [2.05, 4.69) is 0 Å². The van der Waals surface area contributed by atoms with Crippen molar-refractivity contribution in [1.29, 1.82) is 0 Å². The molecule has 1 rings (SSSR count). The van der Waals surface area contributed by atoms with Gasteiger partial charge in [-0.15, -0.1) is 0 Å². The second-order valence-corrected chi connectivity index (χ2v) is 3.34. The summed E-state index contributed by atoms with van der Waals surface area (Å²) in [6, 6.07) is 7.00. The minimum Gasteiger partial charge on any atom is -0.497 e. The Labute approximate surface area is 83.9 Å². The molecule has 1 atom stereocenters. The second-order valence-electron chi connectivity index (χ2n) is 3.34. The van der Waals surface area contributed by atoms with Crippen LogP contribution in [0.1, 0.15) is 23.7 Å². The highest BCUT2D eigenvalue weighted by molar-refractivity contribution is 5.96. The number of ketones is 1. The van der Waals surface area contributed by atoms with E-state index in [1.54, 1.807) is 25.3 Å². The fourth-order valence-corrected chi connectivity index (χ4v) is 1.21. The summed E-state index contributed by atoms with van der Waals surface area (Å²) >= 11 is 0. The van der Waals surface area contributed by atoms with Crippen molar-refractivity contribution in [3.8, 4) is 5.75 Å². The number of hydrogen-bond acceptors (Lipinski definition) is 3. The number of benzene rings is 1. The van der Waals surface area contributed by atoms with Gasteiger partial charge in [-0.2, -0.15) is 0 Å². The Balaban J connectivity index is 2.79. The molecule has 0 saturated heterocycles. The van der Waals surface area contributed by atoms with Crippen LogP contribution in [-0.4, -0.2) is 18.9 Å². The van der Waals surface area contributed by atoms with Crippen molar-refractivity contribution in [3.05, 3.63) is 29.8 Å². The summed E-state index contributed by atoms with van der Waals surface area (Å²) in [5.41, 5.74) is 6.20. The van der Waals surface area contributed by atoms with E-state index in [1.807, 2.05) is 13.0 Å². The van der Waals surface area contributed by atoms with E-state index in [-0.39, 0.29) is 11.8 Å². The highest BCUT2D eigenvalue weighted by Gasteiger charge is 2.08. The van der Waals surface area contributed by atoms with Crippen molar-refractivity contribution in [2.24, 2.45) is 5.73 Å². The number of methoxy groups -OCH3 is 1. The Morgan fingerprint density at radius 1 is 1.57 bits per heavy atom. The molecule has 0 fully saturated rings. The van der Waals surface area contributed by atoms with Crippen LogP contribution in [0, 0.1) is 0 Å². The van der Waals surface area contributed by atoms with E-state index in [1.165, 1.54) is 0 Å². The molecule has 2 N–H and O–H groups in total. The van der Waals surface area contributed by atoms with Crippen LogP contribution < -0.4 is 10.5 Å². The third-order valence-corrected chi connectivity index (χ3v) is 1.90. The van der Waals surface area contributed by atoms with Gasteiger partial charge in [-0.3, -0.25) is 4.79 Å². The van der Waals surface area contributed by atoms with Gasteiger partial charge in [0.2, 0.25) is 0 Å². The third kappa shape index (κ3) is 2.85. The average Bonchev–Trinajstić information content (AvgIpc) is 2.17. The Kier molecular flexibility index (Phi) is 3.65. The van der Waals surface area contributed by atoms with Crippen LogP contribution in [0.2, 0.25) is 0 Å². The third-order valence-electron chi connectivity index (χ3n) is 1.90. The lowest BCUT2D eigenvalue weighted by Gasteiger charge is -2.05. The van der Waals surface area contributed by atoms with Crippen LogP contribution >= 0.6 is 0 Å². The Bertz CT molecular complexity index is 321. The Morgan fingerprint density at radius 3 is 2.86 bits per heavy atom. The topological polar surface area (TPSA) is 52.3 Å². The maximum atomic E-state index is 11.6. The normalized spacial score (nSPS) is 12.2. The Morgan fingerprint density at radius 2 is 2.29 bits per heavy atom. The molecule has 0 amide bonds. The van der Waals surface area contributed by atoms with E-state index in [0.29, 0.717) is 17.7 Å². The number of carbonyl (C=O) groups is 1. The first-order valence-corrected chi connectivity index (χ1v) is 4.56. The molecule has 0 saturated carbocycles. The van der Waals surface area contributed by atoms with Crippen LogP contribution in [0.4, 0.5) is 0 Å². The predicted octanol–water partition coefficient (Wildman–Crippen LogP) is 1.62. The SMILES string of the molecule is COc1cccc(C(=O)CC(C)N)c1. The highest BCUT2D eigenvalue weighted by atomic mass is 16.5. The van der Waals surface area contributed by atoms with Gasteiger partial charge in [0.25, 0.3) is 0 Å². The van der Waals surface area contributed by atoms with Gasteiger partial charge >= 0.3 is 0 Å². The molecular formula is C11H15NO2. The van der Waals surface area contributed by atoms with Gasteiger partial charge in [0.15, 0.2) is 5.78 Å². The monoisotopic (exact) mass is 193 g/mol. The van der Waals surface area contributed by atoms with E-state index in [0.717, 1.165) is 0 Å². The number of rotatable bonds is 4. The van der Waals surface area contributed by atoms with E-state index in [9.17, 15) is 4.79 Å². The van der Waals surface area contributed by atoms with Crippen molar-refractivity contribution >= 4 is 5.78 Å². The molecule has 1 aromatic carbocycles. The zero-order valence-electron chi connectivity index (χ0n) is 8.49. The summed E-state index contributed by atoms with van der Waals surface area (Å²) in [5, 5.41) is 0. The zero-order chi connectivity index (χ0) is 10.6. The summed E-state index contributed by atoms with van der Waals surface area (Å²) < 4.78 is 5.03. The molecule has 1 unspecified atom stereocenters. The lowest BCUT2D eigenvalue weighted by atomic mass is 10.1. The maximum absolute atomic E-state index is 11.6. The summed E-state index contributed by atoms with van der Waals surface area (Å²) in [7, 11) is 1.58. The molecule has 76 valence electrons. The van der Waals surface area contributed by atoms with E-state index >= 15 is 0 Å². The largest absolute Gasteiger partial charge is 0.497 e. The summed E-state index contributed by atoms with van der Waals surface area (Å²) in [4.78, 5) is 11.6. The quantitative estimate of drug-likeness (QED) is 0.739. The number of Topliss-reactive ketones (excluding diaryl/α,β-unsaturated/α-hetero) is 1. The standard InChI is InChI=1S/C11H15NO2/c1-8(12)6-11(13)9-4-3-5-10(7-9)14-2/h3-5,7-8H,6,12H2,1-2H3. The lowest BCUT2D eigenvalue weighted by molar-refractivity contribution is 0.0976. The molecule has 0 heterocycles. The molecule has 3 heteroatoms. The zero-order valence-corrected chi connectivity index (χ0v) is 8.49. The lowest BCUT2D eigenvalue weighted by Crippen LogP contribution is -2.19. The van der Waals surface area contributed by atoms with Crippen molar-refractivity contribution in [1.82, 2.24) is 0 Å². The summed E-state index contributed by atoms with van der Waals surface area (Å²) in [6.45, 7) is 1.82. The maximum Gasteiger partial charge on any atom is 0.164 e. The molecule has 14 heavy (non-hydrogen) atoms. The Hall–Kier alpha value is -1.35. The molecule has 0 aliphatic carbocycles. The first-order chi connectivity index (χ1) is 6.63. The van der Waals surface area contributed by atoms with Gasteiger partial charge in [-0.1, -0.05) is 12.1 Å². The smallest absolute Gasteiger partial charge is 0.164 e. The molecule has 0 aromatic heterocycles. The van der Waals surface area contributed by atoms with Gasteiger partial charge in [0.1, 0.15) is 5.75 Å². The summed E-state index contributed by atoms with van der Waals surface area (Å²) in [6.07, 6.45) is 0.368. The molecule has 0 bridgehead atoms. The van der Waals surface area contributed by atoms with Crippen LogP contribution in [0.15, 0.2) is 24.3 Å². The molecular weight excluding hydrogens is 178 g/mol.